The summed E-state index contributed by atoms with van der Waals surface area (Å²) in [7, 11) is -1.44. The summed E-state index contributed by atoms with van der Waals surface area (Å²) in [5.74, 6) is 5.31. The van der Waals surface area contributed by atoms with Crippen LogP contribution in [0.1, 0.15) is 105 Å². The van der Waals surface area contributed by atoms with E-state index >= 15 is 0 Å². The van der Waals surface area contributed by atoms with E-state index < -0.39 is 8.32 Å². The zero-order valence-electron chi connectivity index (χ0n) is 22.8. The monoisotopic (exact) mass is 458 g/mol. The van der Waals surface area contributed by atoms with Gasteiger partial charge < -0.3 is 4.43 Å². The summed E-state index contributed by atoms with van der Waals surface area (Å²) in [5.41, 5.74) is 3.03. The lowest BCUT2D eigenvalue weighted by molar-refractivity contribution is -0.0384. The zero-order chi connectivity index (χ0) is 23.3. The fraction of sp³-hybridized carbons (Fsp3) is 0.933. The van der Waals surface area contributed by atoms with E-state index in [0.29, 0.717) is 16.9 Å². The number of hydrogen-bond acceptors (Lipinski definition) is 1. The second-order valence-electron chi connectivity index (χ2n) is 14.4. The molecule has 32 heavy (non-hydrogen) atoms. The van der Waals surface area contributed by atoms with Crippen LogP contribution >= 0.6 is 0 Å². The molecule has 0 aromatic rings. The van der Waals surface area contributed by atoms with Gasteiger partial charge in [-0.3, -0.25) is 0 Å². The van der Waals surface area contributed by atoms with Crippen molar-refractivity contribution in [2.24, 2.45) is 46.3 Å². The lowest BCUT2D eigenvalue weighted by atomic mass is 9.47. The molecule has 2 heteroatoms. The normalized spacial score (nSPS) is 42.8. The molecule has 0 aliphatic heterocycles. The molecule has 0 aromatic heterocycles. The predicted molar refractivity (Wildman–Crippen MR) is 141 cm³/mol. The molecule has 1 nitrogen and oxygen atoms in total. The standard InChI is InChI=1S/C30H54OSi/c1-21(2)10-9-11-22(3)26-14-15-27-25-13-12-23-20-24(31-32(6,7)8)16-18-29(23,4)28(25)17-19-30(26,27)5/h13,21-24,26-28H,9-12,14-20H2,1-8H3/t22-,23+,24+,26-,27+,28+,29+,30-/m1/s1. The van der Waals surface area contributed by atoms with Gasteiger partial charge in [-0.15, -0.1) is 0 Å². The fourth-order valence-electron chi connectivity index (χ4n) is 9.10. The molecule has 3 saturated carbocycles. The van der Waals surface area contributed by atoms with Gasteiger partial charge in [0.15, 0.2) is 8.32 Å². The van der Waals surface area contributed by atoms with E-state index in [-0.39, 0.29) is 0 Å². The SMILES string of the molecule is CC(C)CCC[C@@H](C)[C@H]1CC[C@H]2C3=CC[C@H]4C[C@@H](O[Si](C)(C)C)CC[C@]4(C)[C@H]3CC[C@]12C. The maximum atomic E-state index is 6.60. The van der Waals surface area contributed by atoms with Gasteiger partial charge in [0.1, 0.15) is 0 Å². The summed E-state index contributed by atoms with van der Waals surface area (Å²) in [6.07, 6.45) is 18.9. The maximum Gasteiger partial charge on any atom is 0.184 e. The molecule has 0 N–H and O–H groups in total. The van der Waals surface area contributed by atoms with Crippen LogP contribution in [0.3, 0.4) is 0 Å². The van der Waals surface area contributed by atoms with Crippen LogP contribution in [0.4, 0.5) is 0 Å². The van der Waals surface area contributed by atoms with Crippen molar-refractivity contribution < 1.29 is 4.43 Å². The van der Waals surface area contributed by atoms with Crippen LogP contribution < -0.4 is 0 Å². The molecule has 0 bridgehead atoms. The van der Waals surface area contributed by atoms with Gasteiger partial charge in [-0.25, -0.2) is 0 Å². The van der Waals surface area contributed by atoms with Crippen LogP contribution in [0.5, 0.6) is 0 Å². The van der Waals surface area contributed by atoms with Crippen LogP contribution in [0.15, 0.2) is 11.6 Å². The van der Waals surface area contributed by atoms with Crippen molar-refractivity contribution in [2.45, 2.75) is 131 Å². The van der Waals surface area contributed by atoms with E-state index in [4.69, 9.17) is 4.43 Å². The zero-order valence-corrected chi connectivity index (χ0v) is 23.8. The van der Waals surface area contributed by atoms with E-state index in [1.807, 2.05) is 5.57 Å². The second kappa shape index (κ2) is 9.18. The Morgan fingerprint density at radius 3 is 2.31 bits per heavy atom. The molecular formula is C30H54OSi. The summed E-state index contributed by atoms with van der Waals surface area (Å²) < 4.78 is 6.60. The Bertz CT molecular complexity index is 689. The van der Waals surface area contributed by atoms with Gasteiger partial charge in [0.2, 0.25) is 0 Å². The van der Waals surface area contributed by atoms with Gasteiger partial charge in [-0.2, -0.15) is 0 Å². The minimum Gasteiger partial charge on any atom is -0.415 e. The summed E-state index contributed by atoms with van der Waals surface area (Å²) >= 11 is 0. The number of fused-ring (bicyclic) bond motifs is 5. The Hall–Kier alpha value is -0.0831. The van der Waals surface area contributed by atoms with Crippen molar-refractivity contribution in [1.29, 1.82) is 0 Å². The predicted octanol–water partition coefficient (Wildman–Crippen LogP) is 9.25. The summed E-state index contributed by atoms with van der Waals surface area (Å²) in [4.78, 5) is 0. The average molecular weight is 459 g/mol. The van der Waals surface area contributed by atoms with E-state index in [1.165, 1.54) is 70.6 Å². The fourth-order valence-corrected chi connectivity index (χ4v) is 10.3. The summed E-state index contributed by atoms with van der Waals surface area (Å²) in [6, 6.07) is 0. The highest BCUT2D eigenvalue weighted by Gasteiger charge is 2.58. The van der Waals surface area contributed by atoms with Crippen LogP contribution in [0.25, 0.3) is 0 Å². The van der Waals surface area contributed by atoms with Gasteiger partial charge in [0, 0.05) is 6.10 Å². The largest absolute Gasteiger partial charge is 0.415 e. The van der Waals surface area contributed by atoms with Crippen molar-refractivity contribution in [1.82, 2.24) is 0 Å². The van der Waals surface area contributed by atoms with Crippen LogP contribution in [0, 0.1) is 46.3 Å². The molecule has 0 spiro atoms. The first-order chi connectivity index (χ1) is 14.9. The quantitative estimate of drug-likeness (QED) is 0.273. The maximum absolute atomic E-state index is 6.60. The minimum absolute atomic E-state index is 0.533. The molecule has 0 aromatic carbocycles. The Balaban J connectivity index is 1.46. The molecule has 0 saturated heterocycles. The van der Waals surface area contributed by atoms with Crippen molar-refractivity contribution in [2.75, 3.05) is 0 Å². The van der Waals surface area contributed by atoms with E-state index in [1.54, 1.807) is 0 Å². The highest BCUT2D eigenvalue weighted by Crippen LogP contribution is 2.67. The lowest BCUT2D eigenvalue weighted by Crippen LogP contribution is -2.50. The van der Waals surface area contributed by atoms with Gasteiger partial charge in [-0.05, 0) is 117 Å². The summed E-state index contributed by atoms with van der Waals surface area (Å²) in [5, 5.41) is 0. The Labute approximate surface area is 201 Å². The average Bonchev–Trinajstić information content (AvgIpc) is 3.04. The van der Waals surface area contributed by atoms with E-state index in [2.05, 4.69) is 60.3 Å². The third kappa shape index (κ3) is 4.71. The first kappa shape index (κ1) is 25.0. The van der Waals surface area contributed by atoms with E-state index in [9.17, 15) is 0 Å². The first-order valence-corrected chi connectivity index (χ1v) is 17.7. The Morgan fingerprint density at radius 2 is 1.62 bits per heavy atom. The molecule has 4 rings (SSSR count). The molecule has 4 aliphatic carbocycles. The second-order valence-corrected chi connectivity index (χ2v) is 18.9. The van der Waals surface area contributed by atoms with Crippen molar-refractivity contribution >= 4 is 8.32 Å². The van der Waals surface area contributed by atoms with E-state index in [0.717, 1.165) is 35.5 Å². The van der Waals surface area contributed by atoms with Crippen molar-refractivity contribution in [3.63, 3.8) is 0 Å². The molecule has 0 unspecified atom stereocenters. The van der Waals surface area contributed by atoms with Gasteiger partial charge >= 0.3 is 0 Å². The molecule has 0 amide bonds. The summed E-state index contributed by atoms with van der Waals surface area (Å²) in [6.45, 7) is 19.8. The van der Waals surface area contributed by atoms with Crippen LogP contribution in [-0.4, -0.2) is 14.4 Å². The van der Waals surface area contributed by atoms with Crippen molar-refractivity contribution in [3.05, 3.63) is 11.6 Å². The smallest absolute Gasteiger partial charge is 0.184 e. The van der Waals surface area contributed by atoms with Gasteiger partial charge in [0.25, 0.3) is 0 Å². The minimum atomic E-state index is -1.44. The third-order valence-corrected chi connectivity index (χ3v) is 11.8. The Kier molecular flexibility index (Phi) is 7.17. The molecular weight excluding hydrogens is 404 g/mol. The first-order valence-electron chi connectivity index (χ1n) is 14.3. The van der Waals surface area contributed by atoms with Gasteiger partial charge in [0.05, 0.1) is 0 Å². The topological polar surface area (TPSA) is 9.23 Å². The highest BCUT2D eigenvalue weighted by molar-refractivity contribution is 6.69. The molecule has 0 radical (unpaired) electrons. The number of hydrogen-bond donors (Lipinski definition) is 0. The number of rotatable bonds is 7. The third-order valence-electron chi connectivity index (χ3n) is 10.8. The Morgan fingerprint density at radius 1 is 0.938 bits per heavy atom. The highest BCUT2D eigenvalue weighted by atomic mass is 28.4. The number of allylic oxidation sites excluding steroid dienone is 2. The van der Waals surface area contributed by atoms with Crippen LogP contribution in [-0.2, 0) is 4.43 Å². The molecule has 8 atom stereocenters. The molecule has 3 fully saturated rings. The van der Waals surface area contributed by atoms with Gasteiger partial charge in [-0.1, -0.05) is 65.5 Å². The van der Waals surface area contributed by atoms with Crippen molar-refractivity contribution in [3.8, 4) is 0 Å². The molecule has 184 valence electrons. The molecule has 4 aliphatic rings. The molecule has 0 heterocycles. The van der Waals surface area contributed by atoms with Crippen LogP contribution in [0.2, 0.25) is 19.6 Å². The lowest BCUT2D eigenvalue weighted by Gasteiger charge is -2.58.